The van der Waals surface area contributed by atoms with Gasteiger partial charge in [-0.2, -0.15) is 0 Å². The molecule has 1 spiro atoms. The molecule has 1 aromatic carbocycles. The van der Waals surface area contributed by atoms with Gasteiger partial charge in [0.05, 0.1) is 5.60 Å². The first kappa shape index (κ1) is 13.9. The minimum Gasteiger partial charge on any atom is -0.382 e. The summed E-state index contributed by atoms with van der Waals surface area (Å²) in [6, 6.07) is 7.15. The van der Waals surface area contributed by atoms with E-state index in [1.165, 1.54) is 16.8 Å². The number of anilines is 1. The molecule has 0 bridgehead atoms. The van der Waals surface area contributed by atoms with Crippen molar-refractivity contribution in [2.75, 3.05) is 25.1 Å². The van der Waals surface area contributed by atoms with E-state index in [9.17, 15) is 0 Å². The maximum Gasteiger partial charge on any atom is 0.0745 e. The Bertz CT molecular complexity index is 461. The van der Waals surface area contributed by atoms with Gasteiger partial charge in [-0.25, -0.2) is 0 Å². The summed E-state index contributed by atoms with van der Waals surface area (Å²) >= 11 is 0. The SMILES string of the molecule is Cc1ccc(NC2CCOC3(CCOCC3)C2)cc1C. The first-order valence-corrected chi connectivity index (χ1v) is 7.72. The van der Waals surface area contributed by atoms with Crippen LogP contribution >= 0.6 is 0 Å². The molecule has 3 heteroatoms. The van der Waals surface area contributed by atoms with Crippen molar-refractivity contribution >= 4 is 5.69 Å². The molecule has 20 heavy (non-hydrogen) atoms. The molecule has 3 nitrogen and oxygen atoms in total. The molecule has 2 fully saturated rings. The van der Waals surface area contributed by atoms with Gasteiger partial charge in [0.25, 0.3) is 0 Å². The molecule has 0 amide bonds. The summed E-state index contributed by atoms with van der Waals surface area (Å²) < 4.78 is 11.6. The molecule has 1 N–H and O–H groups in total. The Kier molecular flexibility index (Phi) is 3.99. The highest BCUT2D eigenvalue weighted by Crippen LogP contribution is 2.35. The minimum absolute atomic E-state index is 0.0634. The molecule has 2 saturated heterocycles. The molecule has 0 saturated carbocycles. The van der Waals surface area contributed by atoms with Crippen molar-refractivity contribution < 1.29 is 9.47 Å². The molecule has 0 radical (unpaired) electrons. The second-order valence-corrected chi connectivity index (χ2v) is 6.28. The van der Waals surface area contributed by atoms with Crippen molar-refractivity contribution in [3.05, 3.63) is 29.3 Å². The summed E-state index contributed by atoms with van der Waals surface area (Å²) in [5.74, 6) is 0. The average Bonchev–Trinajstić information content (AvgIpc) is 2.44. The van der Waals surface area contributed by atoms with Crippen LogP contribution in [0.15, 0.2) is 18.2 Å². The van der Waals surface area contributed by atoms with Crippen LogP contribution in [0, 0.1) is 13.8 Å². The molecule has 1 aromatic rings. The van der Waals surface area contributed by atoms with Gasteiger partial charge in [-0.1, -0.05) is 6.07 Å². The average molecular weight is 275 g/mol. The fourth-order valence-corrected chi connectivity index (χ4v) is 3.31. The highest BCUT2D eigenvalue weighted by Gasteiger charge is 2.38. The van der Waals surface area contributed by atoms with E-state index in [1.54, 1.807) is 0 Å². The van der Waals surface area contributed by atoms with Crippen LogP contribution in [-0.2, 0) is 9.47 Å². The topological polar surface area (TPSA) is 30.5 Å². The van der Waals surface area contributed by atoms with E-state index < -0.39 is 0 Å². The van der Waals surface area contributed by atoms with E-state index in [2.05, 4.69) is 37.4 Å². The molecule has 3 rings (SSSR count). The Hall–Kier alpha value is -1.06. The van der Waals surface area contributed by atoms with Crippen LogP contribution in [0.25, 0.3) is 0 Å². The lowest BCUT2D eigenvalue weighted by Crippen LogP contribution is -2.47. The Morgan fingerprint density at radius 2 is 1.90 bits per heavy atom. The molecule has 2 aliphatic heterocycles. The molecular weight excluding hydrogens is 250 g/mol. The normalized spacial score (nSPS) is 25.6. The first-order valence-electron chi connectivity index (χ1n) is 7.72. The fraction of sp³-hybridized carbons (Fsp3) is 0.647. The fourth-order valence-electron chi connectivity index (χ4n) is 3.31. The van der Waals surface area contributed by atoms with Crippen LogP contribution in [0.4, 0.5) is 5.69 Å². The number of ether oxygens (including phenoxy) is 2. The molecular formula is C17H25NO2. The van der Waals surface area contributed by atoms with E-state index >= 15 is 0 Å². The van der Waals surface area contributed by atoms with Crippen molar-refractivity contribution in [2.24, 2.45) is 0 Å². The third-order valence-corrected chi connectivity index (χ3v) is 4.77. The number of rotatable bonds is 2. The minimum atomic E-state index is 0.0634. The predicted molar refractivity (Wildman–Crippen MR) is 81.3 cm³/mol. The Labute approximate surface area is 121 Å². The summed E-state index contributed by atoms with van der Waals surface area (Å²) in [4.78, 5) is 0. The molecule has 0 aromatic heterocycles. The molecule has 2 heterocycles. The lowest BCUT2D eigenvalue weighted by Gasteiger charge is -2.43. The van der Waals surface area contributed by atoms with Crippen molar-refractivity contribution in [3.63, 3.8) is 0 Å². The molecule has 0 aliphatic carbocycles. The van der Waals surface area contributed by atoms with Gasteiger partial charge in [-0.05, 0) is 62.8 Å². The van der Waals surface area contributed by atoms with Gasteiger partial charge in [0.2, 0.25) is 0 Å². The van der Waals surface area contributed by atoms with E-state index in [-0.39, 0.29) is 5.60 Å². The molecule has 2 aliphatic rings. The summed E-state index contributed by atoms with van der Waals surface area (Å²) in [7, 11) is 0. The lowest BCUT2D eigenvalue weighted by molar-refractivity contribution is -0.135. The van der Waals surface area contributed by atoms with Crippen molar-refractivity contribution in [1.82, 2.24) is 0 Å². The van der Waals surface area contributed by atoms with Gasteiger partial charge in [0, 0.05) is 31.5 Å². The van der Waals surface area contributed by atoms with Crippen LogP contribution in [0.5, 0.6) is 0 Å². The lowest BCUT2D eigenvalue weighted by atomic mass is 9.84. The number of benzene rings is 1. The number of nitrogens with one attached hydrogen (secondary N) is 1. The van der Waals surface area contributed by atoms with Gasteiger partial charge in [0.1, 0.15) is 0 Å². The Morgan fingerprint density at radius 3 is 2.65 bits per heavy atom. The highest BCUT2D eigenvalue weighted by molar-refractivity contribution is 5.48. The first-order chi connectivity index (χ1) is 9.67. The van der Waals surface area contributed by atoms with E-state index in [4.69, 9.17) is 9.47 Å². The van der Waals surface area contributed by atoms with Crippen molar-refractivity contribution in [2.45, 2.75) is 51.2 Å². The Balaban J connectivity index is 1.66. The zero-order valence-corrected chi connectivity index (χ0v) is 12.6. The van der Waals surface area contributed by atoms with Gasteiger partial charge in [-0.3, -0.25) is 0 Å². The van der Waals surface area contributed by atoms with Gasteiger partial charge in [-0.15, -0.1) is 0 Å². The smallest absolute Gasteiger partial charge is 0.0745 e. The van der Waals surface area contributed by atoms with Gasteiger partial charge in [0.15, 0.2) is 0 Å². The zero-order valence-electron chi connectivity index (χ0n) is 12.6. The van der Waals surface area contributed by atoms with Crippen LogP contribution < -0.4 is 5.32 Å². The van der Waals surface area contributed by atoms with Crippen LogP contribution in [-0.4, -0.2) is 31.5 Å². The number of aryl methyl sites for hydroxylation is 2. The Morgan fingerprint density at radius 1 is 1.10 bits per heavy atom. The molecule has 1 unspecified atom stereocenters. The summed E-state index contributed by atoms with van der Waals surface area (Å²) in [6.07, 6.45) is 4.27. The van der Waals surface area contributed by atoms with E-state index in [0.29, 0.717) is 6.04 Å². The monoisotopic (exact) mass is 275 g/mol. The maximum atomic E-state index is 6.10. The summed E-state index contributed by atoms with van der Waals surface area (Å²) in [5.41, 5.74) is 4.00. The van der Waals surface area contributed by atoms with Crippen LogP contribution in [0.1, 0.15) is 36.8 Å². The summed E-state index contributed by atoms with van der Waals surface area (Å²) in [6.45, 7) is 6.88. The number of hydrogen-bond acceptors (Lipinski definition) is 3. The third-order valence-electron chi connectivity index (χ3n) is 4.77. The highest BCUT2D eigenvalue weighted by atomic mass is 16.5. The molecule has 110 valence electrons. The quantitative estimate of drug-likeness (QED) is 0.897. The van der Waals surface area contributed by atoms with E-state index in [1.807, 2.05) is 0 Å². The third kappa shape index (κ3) is 2.99. The van der Waals surface area contributed by atoms with Crippen molar-refractivity contribution in [1.29, 1.82) is 0 Å². The van der Waals surface area contributed by atoms with E-state index in [0.717, 1.165) is 45.5 Å². The largest absolute Gasteiger partial charge is 0.382 e. The molecule has 1 atom stereocenters. The summed E-state index contributed by atoms with van der Waals surface area (Å²) in [5, 5.41) is 3.70. The van der Waals surface area contributed by atoms with Gasteiger partial charge >= 0.3 is 0 Å². The van der Waals surface area contributed by atoms with Crippen LogP contribution in [0.2, 0.25) is 0 Å². The van der Waals surface area contributed by atoms with Crippen LogP contribution in [0.3, 0.4) is 0 Å². The van der Waals surface area contributed by atoms with Gasteiger partial charge < -0.3 is 14.8 Å². The zero-order chi connectivity index (χ0) is 14.0. The maximum absolute atomic E-state index is 6.10. The van der Waals surface area contributed by atoms with Crippen molar-refractivity contribution in [3.8, 4) is 0 Å². The number of hydrogen-bond donors (Lipinski definition) is 1. The standard InChI is InChI=1S/C17H25NO2/c1-13-3-4-15(11-14(13)2)18-16-5-8-20-17(12-16)6-9-19-10-7-17/h3-4,11,16,18H,5-10,12H2,1-2H3. The predicted octanol–water partition coefficient (Wildman–Crippen LogP) is 3.44. The second kappa shape index (κ2) is 5.74. The second-order valence-electron chi connectivity index (χ2n) is 6.28.